The van der Waals surface area contributed by atoms with E-state index in [1.807, 2.05) is 25.1 Å². The van der Waals surface area contributed by atoms with E-state index in [1.54, 1.807) is 18.3 Å². The van der Waals surface area contributed by atoms with E-state index < -0.39 is 12.3 Å². The summed E-state index contributed by atoms with van der Waals surface area (Å²) in [6, 6.07) is 9.12. The molecular formula is C28H42F2N2O2. The number of ether oxygens (including phenoxy) is 2. The maximum absolute atomic E-state index is 14.2. The summed E-state index contributed by atoms with van der Waals surface area (Å²) >= 11 is 0. The van der Waals surface area contributed by atoms with Crippen molar-refractivity contribution in [2.24, 2.45) is 0 Å². The van der Waals surface area contributed by atoms with E-state index in [2.05, 4.69) is 23.8 Å². The van der Waals surface area contributed by atoms with Crippen LogP contribution in [0.2, 0.25) is 0 Å². The first-order valence-corrected chi connectivity index (χ1v) is 13.0. The van der Waals surface area contributed by atoms with Crippen molar-refractivity contribution >= 4 is 0 Å². The first kappa shape index (κ1) is 28.2. The smallest absolute Gasteiger partial charge is 0.167 e. The van der Waals surface area contributed by atoms with E-state index >= 15 is 0 Å². The largest absolute Gasteiger partial charge is 0.490 e. The molecule has 0 amide bonds. The molecule has 0 aliphatic carbocycles. The van der Waals surface area contributed by atoms with E-state index in [9.17, 15) is 8.78 Å². The third-order valence-corrected chi connectivity index (χ3v) is 5.92. The highest BCUT2D eigenvalue weighted by molar-refractivity contribution is 5.56. The molecule has 0 bridgehead atoms. The van der Waals surface area contributed by atoms with Gasteiger partial charge in [0.1, 0.15) is 12.4 Å². The molecule has 6 heteroatoms. The van der Waals surface area contributed by atoms with E-state index in [0.717, 1.165) is 43.4 Å². The SMILES string of the molecule is CCCCCCc1ccnc(-c2ccc(OC[C@@H](F)[C@H](F)COC(C)CCCCCC)cc2)n1. The van der Waals surface area contributed by atoms with E-state index in [4.69, 9.17) is 9.47 Å². The van der Waals surface area contributed by atoms with Crippen molar-refractivity contribution in [3.63, 3.8) is 0 Å². The van der Waals surface area contributed by atoms with Gasteiger partial charge in [0.15, 0.2) is 18.2 Å². The van der Waals surface area contributed by atoms with Crippen LogP contribution in [0.3, 0.4) is 0 Å². The van der Waals surface area contributed by atoms with Crippen LogP contribution in [0, 0.1) is 0 Å². The van der Waals surface area contributed by atoms with Gasteiger partial charge in [0.2, 0.25) is 0 Å². The molecule has 1 heterocycles. The van der Waals surface area contributed by atoms with Gasteiger partial charge in [0, 0.05) is 17.5 Å². The maximum atomic E-state index is 14.2. The van der Waals surface area contributed by atoms with Crippen molar-refractivity contribution in [3.05, 3.63) is 42.2 Å². The van der Waals surface area contributed by atoms with Crippen LogP contribution in [0.1, 0.15) is 84.3 Å². The van der Waals surface area contributed by atoms with Crippen molar-refractivity contribution in [1.29, 1.82) is 0 Å². The summed E-state index contributed by atoms with van der Waals surface area (Å²) < 4.78 is 39.3. The first-order chi connectivity index (χ1) is 16.5. The molecule has 0 saturated carbocycles. The van der Waals surface area contributed by atoms with Gasteiger partial charge in [-0.2, -0.15) is 0 Å². The number of halogens is 2. The highest BCUT2D eigenvalue weighted by atomic mass is 19.2. The zero-order valence-corrected chi connectivity index (χ0v) is 21.1. The number of aryl methyl sites for hydroxylation is 1. The second-order valence-electron chi connectivity index (χ2n) is 9.04. The molecule has 1 aromatic carbocycles. The average Bonchev–Trinajstić information content (AvgIpc) is 2.86. The molecule has 2 rings (SSSR count). The van der Waals surface area contributed by atoms with Crippen LogP contribution in [0.5, 0.6) is 5.75 Å². The van der Waals surface area contributed by atoms with E-state index in [0.29, 0.717) is 11.6 Å². The van der Waals surface area contributed by atoms with Gasteiger partial charge >= 0.3 is 0 Å². The van der Waals surface area contributed by atoms with Crippen LogP contribution in [0.4, 0.5) is 8.78 Å². The lowest BCUT2D eigenvalue weighted by molar-refractivity contribution is -0.00948. The Balaban J connectivity index is 1.75. The van der Waals surface area contributed by atoms with Crippen LogP contribution in [-0.4, -0.2) is 41.6 Å². The Bertz CT molecular complexity index is 788. The molecule has 0 aliphatic rings. The number of aromatic nitrogens is 2. The molecule has 0 fully saturated rings. The molecule has 0 aliphatic heterocycles. The zero-order chi connectivity index (χ0) is 24.6. The Kier molecular flexibility index (Phi) is 13.7. The van der Waals surface area contributed by atoms with Gasteiger partial charge in [0.05, 0.1) is 12.7 Å². The number of nitrogens with zero attached hydrogens (tertiary/aromatic N) is 2. The Morgan fingerprint density at radius 3 is 2.21 bits per heavy atom. The summed E-state index contributed by atoms with van der Waals surface area (Å²) in [5, 5.41) is 0. The second-order valence-corrected chi connectivity index (χ2v) is 9.04. The predicted molar refractivity (Wildman–Crippen MR) is 135 cm³/mol. The average molecular weight is 477 g/mol. The van der Waals surface area contributed by atoms with Crippen LogP contribution in [0.15, 0.2) is 36.5 Å². The predicted octanol–water partition coefficient (Wildman–Crippen LogP) is 7.70. The number of hydrogen-bond acceptors (Lipinski definition) is 4. The lowest BCUT2D eigenvalue weighted by Gasteiger charge is -2.18. The number of hydrogen-bond donors (Lipinski definition) is 0. The van der Waals surface area contributed by atoms with Gasteiger partial charge in [-0.1, -0.05) is 58.8 Å². The van der Waals surface area contributed by atoms with Gasteiger partial charge < -0.3 is 9.47 Å². The molecule has 34 heavy (non-hydrogen) atoms. The highest BCUT2D eigenvalue weighted by Gasteiger charge is 2.22. The lowest BCUT2D eigenvalue weighted by Crippen LogP contribution is -2.30. The molecule has 1 aromatic heterocycles. The van der Waals surface area contributed by atoms with Crippen LogP contribution in [0.25, 0.3) is 11.4 Å². The third kappa shape index (κ3) is 10.9. The quantitative estimate of drug-likeness (QED) is 0.207. The molecule has 0 saturated heterocycles. The van der Waals surface area contributed by atoms with Gasteiger partial charge in [-0.3, -0.25) is 0 Å². The summed E-state index contributed by atoms with van der Waals surface area (Å²) in [7, 11) is 0. The molecule has 0 spiro atoms. The van der Waals surface area contributed by atoms with Crippen molar-refractivity contribution < 1.29 is 18.3 Å². The number of rotatable bonds is 18. The van der Waals surface area contributed by atoms with Crippen molar-refractivity contribution in [2.75, 3.05) is 13.2 Å². The minimum atomic E-state index is -1.74. The molecule has 190 valence electrons. The van der Waals surface area contributed by atoms with Crippen molar-refractivity contribution in [3.8, 4) is 17.1 Å². The fourth-order valence-electron chi connectivity index (χ4n) is 3.69. The van der Waals surface area contributed by atoms with Crippen molar-refractivity contribution in [1.82, 2.24) is 9.97 Å². The van der Waals surface area contributed by atoms with Crippen molar-refractivity contribution in [2.45, 2.75) is 103 Å². The highest BCUT2D eigenvalue weighted by Crippen LogP contribution is 2.21. The Hall–Kier alpha value is -2.08. The number of unbranched alkanes of at least 4 members (excludes halogenated alkanes) is 6. The summed E-state index contributed by atoms with van der Waals surface area (Å²) in [6.45, 7) is 5.68. The van der Waals surface area contributed by atoms with E-state index in [-0.39, 0.29) is 19.3 Å². The summed E-state index contributed by atoms with van der Waals surface area (Å²) in [5.74, 6) is 1.15. The lowest BCUT2D eigenvalue weighted by atomic mass is 10.1. The number of alkyl halides is 2. The molecule has 0 N–H and O–H groups in total. The second kappa shape index (κ2) is 16.5. The molecule has 2 aromatic rings. The molecule has 4 nitrogen and oxygen atoms in total. The summed E-state index contributed by atoms with van der Waals surface area (Å²) in [5.41, 5.74) is 1.90. The normalized spacial score (nSPS) is 14.0. The summed E-state index contributed by atoms with van der Waals surface area (Å²) in [4.78, 5) is 9.02. The fourth-order valence-corrected chi connectivity index (χ4v) is 3.69. The molecule has 0 radical (unpaired) electrons. The van der Waals surface area contributed by atoms with E-state index in [1.165, 1.54) is 32.1 Å². The van der Waals surface area contributed by atoms with Gasteiger partial charge in [-0.15, -0.1) is 0 Å². The maximum Gasteiger partial charge on any atom is 0.167 e. The number of benzene rings is 1. The Morgan fingerprint density at radius 1 is 0.824 bits per heavy atom. The van der Waals surface area contributed by atoms with Crippen LogP contribution >= 0.6 is 0 Å². The van der Waals surface area contributed by atoms with Crippen LogP contribution in [-0.2, 0) is 11.2 Å². The topological polar surface area (TPSA) is 44.2 Å². The molecule has 3 atom stereocenters. The van der Waals surface area contributed by atoms with Gasteiger partial charge in [-0.25, -0.2) is 18.7 Å². The molecular weight excluding hydrogens is 434 g/mol. The Labute approximate surface area is 204 Å². The van der Waals surface area contributed by atoms with Crippen LogP contribution < -0.4 is 4.74 Å². The first-order valence-electron chi connectivity index (χ1n) is 13.0. The third-order valence-electron chi connectivity index (χ3n) is 5.92. The fraction of sp³-hybridized carbons (Fsp3) is 0.643. The standard InChI is InChI=1S/C28H42F2N2O2/c1-4-6-8-10-12-22(3)33-20-26(29)27(30)21-34-25-16-14-23(15-17-25)28-31-19-18-24(32-28)13-11-9-7-5-2/h14-19,22,26-27H,4-13,20-21H2,1-3H3/t22?,26-,27-/m1/s1. The van der Waals surface area contributed by atoms with Gasteiger partial charge in [-0.05, 0) is 56.5 Å². The molecule has 1 unspecified atom stereocenters. The summed E-state index contributed by atoms with van der Waals surface area (Å²) in [6.07, 6.45) is 9.47. The minimum Gasteiger partial charge on any atom is -0.490 e. The Morgan fingerprint density at radius 2 is 1.50 bits per heavy atom. The van der Waals surface area contributed by atoms with Gasteiger partial charge in [0.25, 0.3) is 0 Å². The minimum absolute atomic E-state index is 0.0622. The monoisotopic (exact) mass is 476 g/mol. The zero-order valence-electron chi connectivity index (χ0n) is 21.1.